The van der Waals surface area contributed by atoms with Crippen molar-refractivity contribution in [2.24, 2.45) is 0 Å². The molecule has 0 aliphatic carbocycles. The lowest BCUT2D eigenvalue weighted by Gasteiger charge is -2.24. The third-order valence-corrected chi connectivity index (χ3v) is 4.50. The fourth-order valence-electron chi connectivity index (χ4n) is 2.94. The molecule has 1 aromatic carbocycles. The number of carbonyl (C=O) groups excluding carboxylic acids is 1. The Morgan fingerprint density at radius 1 is 1.18 bits per heavy atom. The summed E-state index contributed by atoms with van der Waals surface area (Å²) < 4.78 is 6.54. The van der Waals surface area contributed by atoms with E-state index in [2.05, 4.69) is 10.3 Å². The molecule has 1 aliphatic heterocycles. The molecule has 2 aromatic rings. The van der Waals surface area contributed by atoms with Crippen LogP contribution in [0.4, 0.5) is 5.82 Å². The predicted octanol–water partition coefficient (Wildman–Crippen LogP) is -1.14. The van der Waals surface area contributed by atoms with E-state index in [1.807, 2.05) is 0 Å². The number of nitrogens with one attached hydrogen (secondary N) is 1. The van der Waals surface area contributed by atoms with Gasteiger partial charge in [-0.2, -0.15) is 4.98 Å². The van der Waals surface area contributed by atoms with Crippen LogP contribution in [0.3, 0.4) is 0 Å². The van der Waals surface area contributed by atoms with Crippen LogP contribution in [0.25, 0.3) is 0 Å². The van der Waals surface area contributed by atoms with Crippen LogP contribution in [0.2, 0.25) is 0 Å². The third kappa shape index (κ3) is 4.26. The molecule has 1 aliphatic rings. The summed E-state index contributed by atoms with van der Waals surface area (Å²) in [5, 5.41) is 41.7. The van der Waals surface area contributed by atoms with Gasteiger partial charge in [-0.1, -0.05) is 18.2 Å². The van der Waals surface area contributed by atoms with E-state index in [1.165, 1.54) is 12.3 Å². The Labute approximate surface area is 159 Å². The topological polar surface area (TPSA) is 154 Å². The molecule has 10 heteroatoms. The van der Waals surface area contributed by atoms with Crippen molar-refractivity contribution >= 4 is 11.7 Å². The number of hydrogen-bond acceptors (Lipinski definition) is 8. The van der Waals surface area contributed by atoms with Gasteiger partial charge in [-0.3, -0.25) is 9.36 Å². The van der Waals surface area contributed by atoms with Crippen LogP contribution >= 0.6 is 0 Å². The smallest absolute Gasteiger partial charge is 0.351 e. The number of aromatic nitrogens is 2. The van der Waals surface area contributed by atoms with Gasteiger partial charge in [0.05, 0.1) is 12.7 Å². The molecule has 150 valence electrons. The molecule has 1 saturated heterocycles. The Hall–Kier alpha value is -2.63. The average molecular weight is 391 g/mol. The summed E-state index contributed by atoms with van der Waals surface area (Å²) in [5.41, 5.74) is -0.372. The van der Waals surface area contributed by atoms with Crippen molar-refractivity contribution < 1.29 is 30.0 Å². The number of anilines is 1. The van der Waals surface area contributed by atoms with Crippen molar-refractivity contribution in [1.29, 1.82) is 0 Å². The zero-order valence-corrected chi connectivity index (χ0v) is 14.8. The van der Waals surface area contributed by atoms with E-state index < -0.39 is 48.8 Å². The summed E-state index contributed by atoms with van der Waals surface area (Å²) >= 11 is 0. The largest absolute Gasteiger partial charge is 0.394 e. The Morgan fingerprint density at radius 2 is 1.89 bits per heavy atom. The molecule has 0 radical (unpaired) electrons. The van der Waals surface area contributed by atoms with E-state index >= 15 is 0 Å². The number of aliphatic hydroxyl groups is 4. The standard InChI is InChI=1S/C18H21N3O7/c22-9-12-16(25)15(24)11(23)8-14(28-12)21-7-6-13(20-18(21)27)19-17(26)10-4-2-1-3-5-10/h1-7,11-12,14-16,22-25H,8-9H2,(H,19,20,26,27)/t11-,12+,14-,15+,16-/m0/s1. The first-order valence-corrected chi connectivity index (χ1v) is 8.67. The average Bonchev–Trinajstić information content (AvgIpc) is 2.80. The summed E-state index contributed by atoms with van der Waals surface area (Å²) in [5.74, 6) is -0.402. The molecule has 2 heterocycles. The highest BCUT2D eigenvalue weighted by Crippen LogP contribution is 2.26. The van der Waals surface area contributed by atoms with Crippen LogP contribution in [0.5, 0.6) is 0 Å². The van der Waals surface area contributed by atoms with Gasteiger partial charge in [-0.05, 0) is 18.2 Å². The van der Waals surface area contributed by atoms with Crippen LogP contribution in [-0.4, -0.2) is 66.9 Å². The number of rotatable bonds is 4. The molecule has 5 atom stereocenters. The summed E-state index contributed by atoms with van der Waals surface area (Å²) in [6.45, 7) is -0.616. The maximum atomic E-state index is 12.4. The number of aliphatic hydroxyl groups excluding tert-OH is 4. The molecular formula is C18H21N3O7. The van der Waals surface area contributed by atoms with E-state index in [0.717, 1.165) is 4.57 Å². The van der Waals surface area contributed by atoms with Crippen molar-refractivity contribution in [3.8, 4) is 0 Å². The molecule has 10 nitrogen and oxygen atoms in total. The minimum atomic E-state index is -1.53. The maximum absolute atomic E-state index is 12.4. The Bertz CT molecular complexity index is 873. The van der Waals surface area contributed by atoms with E-state index in [0.29, 0.717) is 5.56 Å². The molecule has 28 heavy (non-hydrogen) atoms. The molecule has 1 amide bonds. The van der Waals surface area contributed by atoms with Gasteiger partial charge in [-0.15, -0.1) is 0 Å². The second-order valence-electron chi connectivity index (χ2n) is 6.42. The zero-order valence-electron chi connectivity index (χ0n) is 14.8. The quantitative estimate of drug-likeness (QED) is 0.438. The first-order valence-electron chi connectivity index (χ1n) is 8.67. The summed E-state index contributed by atoms with van der Waals surface area (Å²) in [6, 6.07) is 9.78. The first-order chi connectivity index (χ1) is 13.4. The lowest BCUT2D eigenvalue weighted by atomic mass is 10.0. The molecule has 0 saturated carbocycles. The molecule has 5 N–H and O–H groups in total. The van der Waals surface area contributed by atoms with Gasteiger partial charge in [0.15, 0.2) is 0 Å². The number of carbonyl (C=O) groups is 1. The Kier molecular flexibility index (Phi) is 6.17. The second kappa shape index (κ2) is 8.59. The first kappa shape index (κ1) is 20.1. The summed E-state index contributed by atoms with van der Waals surface area (Å²) in [6.07, 6.45) is -5.58. The number of hydrogen-bond donors (Lipinski definition) is 5. The normalized spacial score (nSPS) is 27.8. The molecule has 0 bridgehead atoms. The van der Waals surface area contributed by atoms with E-state index in [9.17, 15) is 30.0 Å². The lowest BCUT2D eigenvalue weighted by molar-refractivity contribution is -0.132. The van der Waals surface area contributed by atoms with Gasteiger partial charge in [0, 0.05) is 18.2 Å². The van der Waals surface area contributed by atoms with E-state index in [-0.39, 0.29) is 12.2 Å². The van der Waals surface area contributed by atoms with Crippen molar-refractivity contribution in [3.05, 3.63) is 58.6 Å². The molecular weight excluding hydrogens is 370 g/mol. The van der Waals surface area contributed by atoms with Crippen LogP contribution in [-0.2, 0) is 4.74 Å². The Morgan fingerprint density at radius 3 is 2.54 bits per heavy atom. The van der Waals surface area contributed by atoms with Crippen LogP contribution < -0.4 is 11.0 Å². The SMILES string of the molecule is O=C(Nc1ccn([C@@H]2C[C@H](O)[C@@H](O)[C@@H](O)[C@@H](CO)O2)c(=O)n1)c1ccccc1. The monoisotopic (exact) mass is 391 g/mol. The summed E-state index contributed by atoms with van der Waals surface area (Å²) in [7, 11) is 0. The molecule has 0 unspecified atom stereocenters. The van der Waals surface area contributed by atoms with E-state index in [4.69, 9.17) is 4.74 Å². The van der Waals surface area contributed by atoms with Crippen LogP contribution in [0.15, 0.2) is 47.4 Å². The van der Waals surface area contributed by atoms with Crippen molar-refractivity contribution in [2.75, 3.05) is 11.9 Å². The third-order valence-electron chi connectivity index (χ3n) is 4.50. The highest BCUT2D eigenvalue weighted by atomic mass is 16.5. The second-order valence-corrected chi connectivity index (χ2v) is 6.42. The van der Waals surface area contributed by atoms with Gasteiger partial charge in [0.25, 0.3) is 5.91 Å². The predicted molar refractivity (Wildman–Crippen MR) is 96.5 cm³/mol. The van der Waals surface area contributed by atoms with Crippen molar-refractivity contribution in [1.82, 2.24) is 9.55 Å². The lowest BCUT2D eigenvalue weighted by Crippen LogP contribution is -2.44. The van der Waals surface area contributed by atoms with Crippen molar-refractivity contribution in [2.45, 2.75) is 37.1 Å². The zero-order chi connectivity index (χ0) is 20.3. The van der Waals surface area contributed by atoms with Crippen molar-refractivity contribution in [3.63, 3.8) is 0 Å². The Balaban J connectivity index is 1.80. The van der Waals surface area contributed by atoms with Gasteiger partial charge in [-0.25, -0.2) is 4.79 Å². The van der Waals surface area contributed by atoms with Gasteiger partial charge in [0.2, 0.25) is 0 Å². The van der Waals surface area contributed by atoms with E-state index in [1.54, 1.807) is 30.3 Å². The molecule has 0 spiro atoms. The number of nitrogens with zero attached hydrogens (tertiary/aromatic N) is 2. The van der Waals surface area contributed by atoms with Gasteiger partial charge < -0.3 is 30.5 Å². The molecule has 1 aromatic heterocycles. The number of ether oxygens (including phenoxy) is 1. The maximum Gasteiger partial charge on any atom is 0.351 e. The van der Waals surface area contributed by atoms with Gasteiger partial charge >= 0.3 is 5.69 Å². The molecule has 1 fully saturated rings. The number of benzene rings is 1. The van der Waals surface area contributed by atoms with Gasteiger partial charge in [0.1, 0.15) is 30.4 Å². The fourth-order valence-corrected chi connectivity index (χ4v) is 2.94. The number of amides is 1. The minimum absolute atomic E-state index is 0.0306. The summed E-state index contributed by atoms with van der Waals surface area (Å²) in [4.78, 5) is 28.3. The fraction of sp³-hybridized carbons (Fsp3) is 0.389. The molecule has 3 rings (SSSR count). The highest BCUT2D eigenvalue weighted by molar-refractivity contribution is 6.03. The highest BCUT2D eigenvalue weighted by Gasteiger charge is 2.39. The van der Waals surface area contributed by atoms with Crippen LogP contribution in [0.1, 0.15) is 23.0 Å². The minimum Gasteiger partial charge on any atom is -0.394 e. The van der Waals surface area contributed by atoms with Crippen LogP contribution in [0, 0.1) is 0 Å².